The van der Waals surface area contributed by atoms with Gasteiger partial charge in [-0.05, 0) is 81.3 Å². The number of para-hydroxylation sites is 1. The van der Waals surface area contributed by atoms with Gasteiger partial charge >= 0.3 is 0 Å². The number of nitrogens with one attached hydrogen (secondary N) is 2. The summed E-state index contributed by atoms with van der Waals surface area (Å²) in [6.07, 6.45) is 0.608. The average Bonchev–Trinajstić information content (AvgIpc) is 3.28. The second-order valence-corrected chi connectivity index (χ2v) is 10.1. The molecule has 2 atom stereocenters. The maximum Gasteiger partial charge on any atom is 0.258 e. The van der Waals surface area contributed by atoms with E-state index in [0.717, 1.165) is 28.3 Å². The van der Waals surface area contributed by atoms with Crippen molar-refractivity contribution in [2.75, 3.05) is 20.2 Å². The van der Waals surface area contributed by atoms with Crippen LogP contribution in [0.15, 0.2) is 66.7 Å². The summed E-state index contributed by atoms with van der Waals surface area (Å²) in [7, 11) is 0. The van der Waals surface area contributed by atoms with Gasteiger partial charge in [-0.3, -0.25) is 14.6 Å². The van der Waals surface area contributed by atoms with Crippen LogP contribution in [0.3, 0.4) is 0 Å². The molecular formula is C28H30ClN5O2. The molecule has 2 aliphatic heterocycles. The number of hydrogen-bond acceptors (Lipinski definition) is 5. The second kappa shape index (κ2) is 9.48. The van der Waals surface area contributed by atoms with Crippen LogP contribution in [0.1, 0.15) is 56.1 Å². The van der Waals surface area contributed by atoms with Crippen LogP contribution in [0, 0.1) is 0 Å². The lowest BCUT2D eigenvalue weighted by atomic mass is 9.89. The van der Waals surface area contributed by atoms with E-state index < -0.39 is 0 Å². The van der Waals surface area contributed by atoms with Crippen LogP contribution in [-0.4, -0.2) is 23.9 Å². The lowest BCUT2D eigenvalue weighted by molar-refractivity contribution is -0.117. The van der Waals surface area contributed by atoms with Crippen LogP contribution < -0.4 is 25.8 Å². The topological polar surface area (TPSA) is 67.9 Å². The van der Waals surface area contributed by atoms with Gasteiger partial charge in [0.2, 0.25) is 5.91 Å². The summed E-state index contributed by atoms with van der Waals surface area (Å²) in [6.45, 7) is 7.81. The van der Waals surface area contributed by atoms with E-state index in [1.54, 1.807) is 24.0 Å². The predicted molar refractivity (Wildman–Crippen MR) is 145 cm³/mol. The Bertz CT molecular complexity index is 1310. The molecule has 0 aliphatic carbocycles. The van der Waals surface area contributed by atoms with Gasteiger partial charge < -0.3 is 15.2 Å². The van der Waals surface area contributed by atoms with E-state index in [4.69, 9.17) is 11.6 Å². The zero-order valence-corrected chi connectivity index (χ0v) is 21.6. The van der Waals surface area contributed by atoms with E-state index in [0.29, 0.717) is 17.0 Å². The van der Waals surface area contributed by atoms with E-state index >= 15 is 0 Å². The number of halogens is 1. The first-order valence-electron chi connectivity index (χ1n) is 12.2. The molecule has 0 fully saturated rings. The lowest BCUT2D eigenvalue weighted by Gasteiger charge is -2.43. The van der Waals surface area contributed by atoms with E-state index in [1.165, 1.54) is 0 Å². The molecule has 7 nitrogen and oxygen atoms in total. The molecule has 0 aromatic heterocycles. The van der Waals surface area contributed by atoms with Crippen molar-refractivity contribution in [1.82, 2.24) is 5.53 Å². The van der Waals surface area contributed by atoms with Gasteiger partial charge in [-0.2, -0.15) is 0 Å². The van der Waals surface area contributed by atoms with E-state index in [1.807, 2.05) is 71.4 Å². The van der Waals surface area contributed by atoms with Gasteiger partial charge in [-0.25, -0.2) is 0 Å². The highest BCUT2D eigenvalue weighted by Crippen LogP contribution is 2.43. The fourth-order valence-electron chi connectivity index (χ4n) is 5.22. The number of carbonyl (C=O) groups is 2. The summed E-state index contributed by atoms with van der Waals surface area (Å²) in [6, 6.07) is 20.8. The van der Waals surface area contributed by atoms with Crippen molar-refractivity contribution < 1.29 is 9.59 Å². The molecule has 0 unspecified atom stereocenters. The molecule has 2 aliphatic rings. The predicted octanol–water partition coefficient (Wildman–Crippen LogP) is 5.93. The van der Waals surface area contributed by atoms with Gasteiger partial charge in [0, 0.05) is 41.0 Å². The van der Waals surface area contributed by atoms with Crippen LogP contribution in [0.25, 0.3) is 0 Å². The Kier molecular flexibility index (Phi) is 6.36. The molecule has 3 aromatic rings. The Labute approximate surface area is 216 Å². The minimum absolute atomic E-state index is 0.0593. The number of hydrogen-bond donors (Lipinski definition) is 2. The molecule has 2 amide bonds. The first-order chi connectivity index (χ1) is 17.3. The van der Waals surface area contributed by atoms with Crippen molar-refractivity contribution in [3.8, 4) is 0 Å². The highest BCUT2D eigenvalue weighted by Gasteiger charge is 2.38. The molecule has 36 heavy (non-hydrogen) atoms. The molecule has 0 bridgehead atoms. The third-order valence-electron chi connectivity index (χ3n) is 6.87. The number of hydrazine groups is 2. The average molecular weight is 504 g/mol. The van der Waals surface area contributed by atoms with Crippen molar-refractivity contribution in [2.24, 2.45) is 0 Å². The molecular weight excluding hydrogens is 474 g/mol. The van der Waals surface area contributed by atoms with Gasteiger partial charge in [-0.1, -0.05) is 29.8 Å². The Hall–Kier alpha value is -3.55. The fraction of sp³-hybridized carbons (Fsp3) is 0.286. The number of nitrogens with zero attached hydrogens (tertiary/aromatic N) is 3. The second-order valence-electron chi connectivity index (χ2n) is 9.63. The number of benzene rings is 3. The standard InChI is InChI=1S/C28H30ClN5O2/c1-17(2)34-26-14-9-20(16-24(26)30-31-34)28(36)32-18(3)15-27(23-7-5-6-8-25(23)32)33(19(4)35)22-12-10-21(29)11-13-22/h5-14,16-18,27,30-31H,15H2,1-4H3/t18-,27+/m0/s1. The summed E-state index contributed by atoms with van der Waals surface area (Å²) >= 11 is 6.10. The molecule has 5 rings (SSSR count). The van der Waals surface area contributed by atoms with Crippen LogP contribution in [-0.2, 0) is 4.79 Å². The summed E-state index contributed by atoms with van der Waals surface area (Å²) in [5.41, 5.74) is 11.4. The molecule has 8 heteroatoms. The third kappa shape index (κ3) is 4.18. The zero-order chi connectivity index (χ0) is 25.6. The quantitative estimate of drug-likeness (QED) is 0.461. The third-order valence-corrected chi connectivity index (χ3v) is 7.12. The summed E-state index contributed by atoms with van der Waals surface area (Å²) < 4.78 is 0. The summed E-state index contributed by atoms with van der Waals surface area (Å²) in [5.74, 6) is -0.127. The summed E-state index contributed by atoms with van der Waals surface area (Å²) in [4.78, 5) is 30.4. The van der Waals surface area contributed by atoms with E-state index in [2.05, 4.69) is 24.8 Å². The smallest absolute Gasteiger partial charge is 0.258 e. The molecule has 0 saturated heterocycles. The Morgan fingerprint density at radius 1 is 1.03 bits per heavy atom. The maximum atomic E-state index is 13.9. The van der Waals surface area contributed by atoms with Crippen molar-refractivity contribution in [1.29, 1.82) is 0 Å². The van der Waals surface area contributed by atoms with Gasteiger partial charge in [-0.15, -0.1) is 5.53 Å². The van der Waals surface area contributed by atoms with Crippen molar-refractivity contribution >= 4 is 46.2 Å². The van der Waals surface area contributed by atoms with Gasteiger partial charge in [0.05, 0.1) is 17.4 Å². The molecule has 2 heterocycles. The molecule has 186 valence electrons. The molecule has 3 aromatic carbocycles. The number of rotatable bonds is 4. The van der Waals surface area contributed by atoms with Gasteiger partial charge in [0.1, 0.15) is 0 Å². The number of anilines is 4. The van der Waals surface area contributed by atoms with Crippen LogP contribution in [0.5, 0.6) is 0 Å². The maximum absolute atomic E-state index is 13.9. The minimum Gasteiger partial charge on any atom is -0.305 e. The van der Waals surface area contributed by atoms with Gasteiger partial charge in [0.15, 0.2) is 0 Å². The normalized spacial score (nSPS) is 18.5. The highest BCUT2D eigenvalue weighted by molar-refractivity contribution is 6.30. The Morgan fingerprint density at radius 2 is 1.75 bits per heavy atom. The molecule has 0 spiro atoms. The molecule has 0 radical (unpaired) electrons. The van der Waals surface area contributed by atoms with E-state index in [9.17, 15) is 9.59 Å². The van der Waals surface area contributed by atoms with Crippen molar-refractivity contribution in [3.05, 3.63) is 82.9 Å². The number of amides is 2. The first-order valence-corrected chi connectivity index (χ1v) is 12.6. The minimum atomic E-state index is -0.204. The largest absolute Gasteiger partial charge is 0.305 e. The summed E-state index contributed by atoms with van der Waals surface area (Å²) in [5, 5.41) is 2.65. The number of carbonyl (C=O) groups excluding carboxylic acids is 2. The monoisotopic (exact) mass is 503 g/mol. The first kappa shape index (κ1) is 24.2. The molecule has 2 N–H and O–H groups in total. The number of fused-ring (bicyclic) bond motifs is 2. The van der Waals surface area contributed by atoms with E-state index in [-0.39, 0.29) is 29.9 Å². The molecule has 0 saturated carbocycles. The Balaban J connectivity index is 1.51. The van der Waals surface area contributed by atoms with Crippen LogP contribution in [0.4, 0.5) is 22.7 Å². The van der Waals surface area contributed by atoms with Crippen LogP contribution in [0.2, 0.25) is 5.02 Å². The fourth-order valence-corrected chi connectivity index (χ4v) is 5.35. The zero-order valence-electron chi connectivity index (χ0n) is 20.8. The van der Waals surface area contributed by atoms with Crippen LogP contribution >= 0.6 is 11.6 Å². The van der Waals surface area contributed by atoms with Crippen molar-refractivity contribution in [2.45, 2.75) is 52.2 Å². The SMILES string of the molecule is CC(=O)N(c1ccc(Cl)cc1)[C@@H]1C[C@H](C)N(C(=O)c2ccc3c(c2)NNN3C(C)C)c2ccccc21. The lowest BCUT2D eigenvalue weighted by Crippen LogP contribution is -2.47. The van der Waals surface area contributed by atoms with Crippen molar-refractivity contribution in [3.63, 3.8) is 0 Å². The van der Waals surface area contributed by atoms with Gasteiger partial charge in [0.25, 0.3) is 5.91 Å². The Morgan fingerprint density at radius 3 is 2.44 bits per heavy atom. The highest BCUT2D eigenvalue weighted by atomic mass is 35.5.